The lowest BCUT2D eigenvalue weighted by molar-refractivity contribution is -0.143. The van der Waals surface area contributed by atoms with Crippen molar-refractivity contribution in [1.29, 1.82) is 0 Å². The van der Waals surface area contributed by atoms with Crippen molar-refractivity contribution in [3.05, 3.63) is 133 Å². The van der Waals surface area contributed by atoms with Crippen LogP contribution in [0.5, 0.6) is 0 Å². The molecule has 0 aliphatic rings. The van der Waals surface area contributed by atoms with E-state index < -0.39 is 11.5 Å². The van der Waals surface area contributed by atoms with Crippen LogP contribution in [0.4, 0.5) is 5.69 Å². The highest BCUT2D eigenvalue weighted by molar-refractivity contribution is 14.1. The van der Waals surface area contributed by atoms with Gasteiger partial charge in [0.25, 0.3) is 0 Å². The molecule has 0 aliphatic carbocycles. The fourth-order valence-electron chi connectivity index (χ4n) is 5.57. The number of anilines is 1. The number of hydrogen-bond acceptors (Lipinski definition) is 4. The van der Waals surface area contributed by atoms with Gasteiger partial charge in [-0.25, -0.2) is 4.79 Å². The number of amides is 1. The van der Waals surface area contributed by atoms with Gasteiger partial charge in [-0.15, -0.1) is 0 Å². The number of rotatable bonds is 17. The minimum Gasteiger partial charge on any atom is -0.479 e. The Balaban J connectivity index is 1.85. The number of carboxylic acids is 1. The summed E-state index contributed by atoms with van der Waals surface area (Å²) in [6, 6.07) is 33.0. The third kappa shape index (κ3) is 10.4. The molecule has 6 nitrogen and oxygen atoms in total. The number of halogens is 2. The number of nitrogens with one attached hydrogen (secondary N) is 1. The van der Waals surface area contributed by atoms with Gasteiger partial charge in [-0.1, -0.05) is 112 Å². The molecule has 2 N–H and O–H groups in total. The lowest BCUT2D eigenvalue weighted by Crippen LogP contribution is -2.43. The predicted molar refractivity (Wildman–Crippen MR) is 210 cm³/mol. The number of aliphatic carboxylic acids is 1. The number of carbonyl (C=O) groups excluding carboxylic acids is 1. The summed E-state index contributed by atoms with van der Waals surface area (Å²) in [5.41, 5.74) is 2.87. The fourth-order valence-corrected chi connectivity index (χ4v) is 6.73. The van der Waals surface area contributed by atoms with Crippen molar-refractivity contribution >= 4 is 68.5 Å². The maximum absolute atomic E-state index is 13.6. The molecule has 0 heterocycles. The minimum absolute atomic E-state index is 0.0979. The van der Waals surface area contributed by atoms with E-state index in [1.165, 1.54) is 0 Å². The lowest BCUT2D eigenvalue weighted by Gasteiger charge is -2.29. The Hall–Kier alpha value is -3.09. The molecule has 4 rings (SSSR count). The summed E-state index contributed by atoms with van der Waals surface area (Å²) in [7, 11) is 0. The van der Waals surface area contributed by atoms with Gasteiger partial charge in [0.1, 0.15) is 0 Å². The summed E-state index contributed by atoms with van der Waals surface area (Å²) in [5.74, 6) is -1.10. The predicted octanol–water partition coefficient (Wildman–Crippen LogP) is 8.88. The van der Waals surface area contributed by atoms with Gasteiger partial charge in [-0.05, 0) is 100 Å². The molecular formula is C39H43I2N3O3. The molecule has 0 saturated carbocycles. The first-order valence-electron chi connectivity index (χ1n) is 16.2. The molecule has 1 amide bonds. The van der Waals surface area contributed by atoms with E-state index in [1.54, 1.807) is 0 Å². The van der Waals surface area contributed by atoms with Gasteiger partial charge in [0.05, 0.1) is 17.9 Å². The van der Waals surface area contributed by atoms with Gasteiger partial charge in [-0.2, -0.15) is 0 Å². The summed E-state index contributed by atoms with van der Waals surface area (Å²) < 4.78 is 1.97. The molecule has 47 heavy (non-hydrogen) atoms. The Bertz CT molecular complexity index is 1600. The molecule has 4 aromatic rings. The Morgan fingerprint density at radius 1 is 0.745 bits per heavy atom. The van der Waals surface area contributed by atoms with Crippen molar-refractivity contribution in [2.45, 2.75) is 57.9 Å². The highest BCUT2D eigenvalue weighted by Crippen LogP contribution is 2.31. The Morgan fingerprint density at radius 2 is 1.26 bits per heavy atom. The van der Waals surface area contributed by atoms with E-state index in [0.717, 1.165) is 62.6 Å². The highest BCUT2D eigenvalue weighted by atomic mass is 127. The number of benzene rings is 4. The average Bonchev–Trinajstić information content (AvgIpc) is 3.07. The van der Waals surface area contributed by atoms with Crippen LogP contribution in [0.3, 0.4) is 0 Å². The van der Waals surface area contributed by atoms with E-state index >= 15 is 0 Å². The molecule has 0 aromatic heterocycles. The van der Waals surface area contributed by atoms with E-state index in [1.807, 2.05) is 103 Å². The Kier molecular flexibility index (Phi) is 14.4. The molecule has 0 aliphatic heterocycles. The van der Waals surface area contributed by atoms with Crippen LogP contribution >= 0.6 is 45.2 Å². The SMILES string of the molecule is CCCCN(CCCC)CC(=O)Nc1ccccc1C(=NC(Cc1ccccc1I)(Cc1ccccc1I)C(=O)O)c1ccccc1. The van der Waals surface area contributed by atoms with Crippen molar-refractivity contribution in [1.82, 2.24) is 4.90 Å². The second kappa shape index (κ2) is 18.5. The van der Waals surface area contributed by atoms with Crippen LogP contribution in [0.2, 0.25) is 0 Å². The number of para-hydroxylation sites is 1. The maximum atomic E-state index is 13.6. The van der Waals surface area contributed by atoms with E-state index in [0.29, 0.717) is 23.5 Å². The van der Waals surface area contributed by atoms with E-state index in [4.69, 9.17) is 4.99 Å². The second-order valence-corrected chi connectivity index (χ2v) is 14.1. The third-order valence-corrected chi connectivity index (χ3v) is 10.2. The van der Waals surface area contributed by atoms with E-state index in [9.17, 15) is 14.7 Å². The molecule has 0 spiro atoms. The van der Waals surface area contributed by atoms with Crippen LogP contribution < -0.4 is 5.32 Å². The normalized spacial score (nSPS) is 11.9. The van der Waals surface area contributed by atoms with Crippen LogP contribution in [0.25, 0.3) is 0 Å². The minimum atomic E-state index is -1.54. The molecule has 4 aromatic carbocycles. The van der Waals surface area contributed by atoms with E-state index in [2.05, 4.69) is 69.2 Å². The monoisotopic (exact) mass is 855 g/mol. The molecular weight excluding hydrogens is 812 g/mol. The van der Waals surface area contributed by atoms with Crippen molar-refractivity contribution in [2.24, 2.45) is 4.99 Å². The number of nitrogens with zero attached hydrogens (tertiary/aromatic N) is 2. The van der Waals surface area contributed by atoms with Gasteiger partial charge in [0, 0.05) is 31.1 Å². The van der Waals surface area contributed by atoms with Crippen LogP contribution in [0.1, 0.15) is 61.8 Å². The van der Waals surface area contributed by atoms with Crippen molar-refractivity contribution in [2.75, 3.05) is 25.0 Å². The first kappa shape index (κ1) is 36.7. The number of carboxylic acid groups (broad SMARTS) is 1. The summed E-state index contributed by atoms with van der Waals surface area (Å²) in [5, 5.41) is 14.3. The first-order valence-corrected chi connectivity index (χ1v) is 18.4. The van der Waals surface area contributed by atoms with Crippen molar-refractivity contribution in [3.8, 4) is 0 Å². The topological polar surface area (TPSA) is 82.0 Å². The standard InChI is InChI=1S/C39H43I2N3O3/c1-3-5-24-44(25-6-4-2)28-36(45)42-35-23-15-12-20-32(35)37(29-16-8-7-9-17-29)43-39(38(46)47,26-30-18-10-13-21-33(30)40)27-31-19-11-14-22-34(31)41/h7-23H,3-6,24-28H2,1-2H3,(H,42,45)(H,46,47). The number of unbranched alkanes of at least 4 members (excludes halogenated alkanes) is 2. The smallest absolute Gasteiger partial charge is 0.332 e. The van der Waals surface area contributed by atoms with Gasteiger partial charge in [-0.3, -0.25) is 14.7 Å². The molecule has 0 unspecified atom stereocenters. The van der Waals surface area contributed by atoms with Crippen LogP contribution in [0.15, 0.2) is 108 Å². The van der Waals surface area contributed by atoms with Crippen molar-refractivity contribution < 1.29 is 14.7 Å². The molecule has 0 bridgehead atoms. The molecule has 0 saturated heterocycles. The zero-order valence-corrected chi connectivity index (χ0v) is 31.4. The lowest BCUT2D eigenvalue weighted by atomic mass is 9.84. The summed E-state index contributed by atoms with van der Waals surface area (Å²) in [6.45, 7) is 6.37. The van der Waals surface area contributed by atoms with Crippen LogP contribution in [0, 0.1) is 7.14 Å². The van der Waals surface area contributed by atoms with Gasteiger partial charge in [0.15, 0.2) is 5.54 Å². The van der Waals surface area contributed by atoms with Gasteiger partial charge >= 0.3 is 5.97 Å². The zero-order valence-electron chi connectivity index (χ0n) is 27.1. The van der Waals surface area contributed by atoms with Gasteiger partial charge in [0.2, 0.25) is 5.91 Å². The average molecular weight is 856 g/mol. The highest BCUT2D eigenvalue weighted by Gasteiger charge is 2.40. The summed E-state index contributed by atoms with van der Waals surface area (Å²) in [4.78, 5) is 34.6. The molecule has 246 valence electrons. The Morgan fingerprint density at radius 3 is 1.79 bits per heavy atom. The number of carbonyl (C=O) groups is 2. The first-order chi connectivity index (χ1) is 22.8. The maximum Gasteiger partial charge on any atom is 0.332 e. The van der Waals surface area contributed by atoms with E-state index in [-0.39, 0.29) is 18.7 Å². The quantitative estimate of drug-likeness (QED) is 0.0822. The van der Waals surface area contributed by atoms with Crippen molar-refractivity contribution in [3.63, 3.8) is 0 Å². The number of aliphatic imine (C=N–C) groups is 1. The third-order valence-electron chi connectivity index (χ3n) is 8.13. The summed E-state index contributed by atoms with van der Waals surface area (Å²) >= 11 is 4.54. The van der Waals surface area contributed by atoms with Crippen LogP contribution in [-0.4, -0.2) is 52.8 Å². The largest absolute Gasteiger partial charge is 0.479 e. The molecule has 0 radical (unpaired) electrons. The zero-order chi connectivity index (χ0) is 33.6. The second-order valence-electron chi connectivity index (χ2n) is 11.8. The molecule has 0 atom stereocenters. The molecule has 8 heteroatoms. The van der Waals surface area contributed by atoms with Gasteiger partial charge < -0.3 is 10.4 Å². The van der Waals surface area contributed by atoms with Crippen LogP contribution in [-0.2, 0) is 22.4 Å². The fraction of sp³-hybridized carbons (Fsp3) is 0.308. The molecule has 0 fully saturated rings. The number of hydrogen-bond donors (Lipinski definition) is 2. The summed E-state index contributed by atoms with van der Waals surface area (Å²) in [6.07, 6.45) is 4.60. The Labute approximate surface area is 306 Å².